The van der Waals surface area contributed by atoms with Crippen LogP contribution in [0.5, 0.6) is 0 Å². The molecule has 0 aliphatic carbocycles. The highest BCUT2D eigenvalue weighted by molar-refractivity contribution is 4.82. The second-order valence-corrected chi connectivity index (χ2v) is 3.67. The summed E-state index contributed by atoms with van der Waals surface area (Å²) in [5.74, 6) is 0.777. The molecule has 0 aliphatic heterocycles. The minimum atomic E-state index is 0.343. The molecule has 0 radical (unpaired) electrons. The highest BCUT2D eigenvalue weighted by Crippen LogP contribution is 2.03. The molecule has 1 N–H and O–H groups in total. The van der Waals surface area contributed by atoms with Gasteiger partial charge in [0.15, 0.2) is 0 Å². The lowest BCUT2D eigenvalue weighted by atomic mass is 10.1. The van der Waals surface area contributed by atoms with Crippen molar-refractivity contribution in [3.05, 3.63) is 12.2 Å². The molecule has 0 aliphatic rings. The number of aliphatic hydroxyl groups excluding tert-OH is 1. The maximum absolute atomic E-state index is 8.52. The SMILES string of the molecule is CC(C)C/C=C/CCCCCO. The molecule has 0 aromatic heterocycles. The summed E-state index contributed by atoms with van der Waals surface area (Å²) in [7, 11) is 0. The molecule has 0 aromatic carbocycles. The van der Waals surface area contributed by atoms with Crippen molar-refractivity contribution in [1.29, 1.82) is 0 Å². The Bertz CT molecular complexity index is 106. The highest BCUT2D eigenvalue weighted by atomic mass is 16.2. The van der Waals surface area contributed by atoms with Crippen molar-refractivity contribution in [3.63, 3.8) is 0 Å². The number of aliphatic hydroxyl groups is 1. The van der Waals surface area contributed by atoms with Gasteiger partial charge in [0.05, 0.1) is 0 Å². The zero-order valence-electron chi connectivity index (χ0n) is 8.42. The molecular weight excluding hydrogens is 148 g/mol. The molecule has 0 saturated heterocycles. The number of hydrogen-bond donors (Lipinski definition) is 1. The quantitative estimate of drug-likeness (QED) is 0.459. The van der Waals surface area contributed by atoms with Crippen LogP contribution in [0, 0.1) is 5.92 Å². The van der Waals surface area contributed by atoms with E-state index in [1.54, 1.807) is 0 Å². The van der Waals surface area contributed by atoms with E-state index < -0.39 is 0 Å². The molecule has 0 rings (SSSR count). The second kappa shape index (κ2) is 8.79. The van der Waals surface area contributed by atoms with Crippen molar-refractivity contribution in [2.45, 2.75) is 46.0 Å². The molecule has 0 saturated carbocycles. The van der Waals surface area contributed by atoms with Crippen LogP contribution in [0.25, 0.3) is 0 Å². The van der Waals surface area contributed by atoms with E-state index in [1.165, 1.54) is 19.3 Å². The van der Waals surface area contributed by atoms with E-state index in [4.69, 9.17) is 5.11 Å². The summed E-state index contributed by atoms with van der Waals surface area (Å²) >= 11 is 0. The van der Waals surface area contributed by atoms with Gasteiger partial charge >= 0.3 is 0 Å². The van der Waals surface area contributed by atoms with Crippen LogP contribution in [0.4, 0.5) is 0 Å². The van der Waals surface area contributed by atoms with Gasteiger partial charge in [-0.25, -0.2) is 0 Å². The van der Waals surface area contributed by atoms with Crippen LogP contribution >= 0.6 is 0 Å². The molecule has 0 fully saturated rings. The molecule has 12 heavy (non-hydrogen) atoms. The van der Waals surface area contributed by atoms with Crippen molar-refractivity contribution in [2.24, 2.45) is 5.92 Å². The third-order valence-electron chi connectivity index (χ3n) is 1.80. The Morgan fingerprint density at radius 2 is 1.83 bits per heavy atom. The van der Waals surface area contributed by atoms with Crippen molar-refractivity contribution >= 4 is 0 Å². The Morgan fingerprint density at radius 3 is 2.42 bits per heavy atom. The summed E-state index contributed by atoms with van der Waals surface area (Å²) in [6.45, 7) is 4.81. The average molecular weight is 170 g/mol. The summed E-state index contributed by atoms with van der Waals surface area (Å²) in [4.78, 5) is 0. The van der Waals surface area contributed by atoms with Gasteiger partial charge in [0.25, 0.3) is 0 Å². The predicted octanol–water partition coefficient (Wildman–Crippen LogP) is 3.14. The molecule has 1 nitrogen and oxygen atoms in total. The van der Waals surface area contributed by atoms with Gasteiger partial charge in [0.2, 0.25) is 0 Å². The molecule has 0 bridgehead atoms. The van der Waals surface area contributed by atoms with E-state index in [2.05, 4.69) is 26.0 Å². The fourth-order valence-electron chi connectivity index (χ4n) is 1.04. The lowest BCUT2D eigenvalue weighted by molar-refractivity contribution is 0.283. The largest absolute Gasteiger partial charge is 0.396 e. The summed E-state index contributed by atoms with van der Waals surface area (Å²) < 4.78 is 0. The van der Waals surface area contributed by atoms with Crippen LogP contribution in [-0.4, -0.2) is 11.7 Å². The molecular formula is C11H22O. The molecule has 0 heterocycles. The van der Waals surface area contributed by atoms with E-state index in [0.29, 0.717) is 6.61 Å². The molecule has 72 valence electrons. The van der Waals surface area contributed by atoms with Crippen LogP contribution in [0.15, 0.2) is 12.2 Å². The third-order valence-corrected chi connectivity index (χ3v) is 1.80. The second-order valence-electron chi connectivity index (χ2n) is 3.67. The van der Waals surface area contributed by atoms with Crippen LogP contribution in [0.1, 0.15) is 46.0 Å². The van der Waals surface area contributed by atoms with Gasteiger partial charge in [-0.2, -0.15) is 0 Å². The smallest absolute Gasteiger partial charge is 0.0431 e. The van der Waals surface area contributed by atoms with Gasteiger partial charge in [0, 0.05) is 6.61 Å². The lowest BCUT2D eigenvalue weighted by Gasteiger charge is -1.97. The van der Waals surface area contributed by atoms with Gasteiger partial charge in [-0.15, -0.1) is 0 Å². The average Bonchev–Trinajstić information content (AvgIpc) is 2.02. The minimum absolute atomic E-state index is 0.343. The van der Waals surface area contributed by atoms with E-state index in [9.17, 15) is 0 Å². The first-order valence-corrected chi connectivity index (χ1v) is 5.03. The van der Waals surface area contributed by atoms with Crippen molar-refractivity contribution in [1.82, 2.24) is 0 Å². The summed E-state index contributed by atoms with van der Waals surface area (Å²) in [6.07, 6.45) is 10.2. The van der Waals surface area contributed by atoms with Crippen LogP contribution in [0.2, 0.25) is 0 Å². The number of rotatable bonds is 7. The zero-order chi connectivity index (χ0) is 9.23. The molecule has 0 atom stereocenters. The third kappa shape index (κ3) is 9.70. The van der Waals surface area contributed by atoms with Gasteiger partial charge in [-0.3, -0.25) is 0 Å². The standard InChI is InChI=1S/C11H22O/c1-11(2)9-7-5-3-4-6-8-10-12/h5,7,11-12H,3-4,6,8-10H2,1-2H3/b7-5+. The number of unbranched alkanes of at least 4 members (excludes halogenated alkanes) is 3. The van der Waals surface area contributed by atoms with Gasteiger partial charge in [-0.05, 0) is 31.6 Å². The Kier molecular flexibility index (Phi) is 8.57. The van der Waals surface area contributed by atoms with Crippen molar-refractivity contribution in [3.8, 4) is 0 Å². The van der Waals surface area contributed by atoms with E-state index >= 15 is 0 Å². The zero-order valence-corrected chi connectivity index (χ0v) is 8.42. The lowest BCUT2D eigenvalue weighted by Crippen LogP contribution is -1.83. The minimum Gasteiger partial charge on any atom is -0.396 e. The first-order chi connectivity index (χ1) is 5.77. The van der Waals surface area contributed by atoms with Crippen LogP contribution in [-0.2, 0) is 0 Å². The Morgan fingerprint density at radius 1 is 1.08 bits per heavy atom. The maximum atomic E-state index is 8.52. The summed E-state index contributed by atoms with van der Waals surface area (Å²) in [5.41, 5.74) is 0. The highest BCUT2D eigenvalue weighted by Gasteiger charge is 1.87. The first kappa shape index (κ1) is 11.7. The molecule has 0 aromatic rings. The molecule has 1 heteroatoms. The topological polar surface area (TPSA) is 20.2 Å². The fraction of sp³-hybridized carbons (Fsp3) is 0.818. The van der Waals surface area contributed by atoms with Gasteiger partial charge in [-0.1, -0.05) is 32.4 Å². The Balaban J connectivity index is 3.03. The Labute approximate surface area is 76.5 Å². The van der Waals surface area contributed by atoms with E-state index in [1.807, 2.05) is 0 Å². The van der Waals surface area contributed by atoms with Crippen LogP contribution in [0.3, 0.4) is 0 Å². The Hall–Kier alpha value is -0.300. The molecule has 0 unspecified atom stereocenters. The maximum Gasteiger partial charge on any atom is 0.0431 e. The van der Waals surface area contributed by atoms with E-state index in [0.717, 1.165) is 18.8 Å². The van der Waals surface area contributed by atoms with E-state index in [-0.39, 0.29) is 0 Å². The van der Waals surface area contributed by atoms with Crippen LogP contribution < -0.4 is 0 Å². The number of allylic oxidation sites excluding steroid dienone is 2. The number of hydrogen-bond acceptors (Lipinski definition) is 1. The van der Waals surface area contributed by atoms with Crippen molar-refractivity contribution in [2.75, 3.05) is 6.61 Å². The summed E-state index contributed by atoms with van der Waals surface area (Å²) in [5, 5.41) is 8.52. The first-order valence-electron chi connectivity index (χ1n) is 5.03. The molecule has 0 spiro atoms. The van der Waals surface area contributed by atoms with Crippen molar-refractivity contribution < 1.29 is 5.11 Å². The van der Waals surface area contributed by atoms with Gasteiger partial charge < -0.3 is 5.11 Å². The predicted molar refractivity (Wildman–Crippen MR) is 54.1 cm³/mol. The van der Waals surface area contributed by atoms with Gasteiger partial charge in [0.1, 0.15) is 0 Å². The normalized spacial score (nSPS) is 11.7. The fourth-order valence-corrected chi connectivity index (χ4v) is 1.04. The monoisotopic (exact) mass is 170 g/mol. The molecule has 0 amide bonds. The summed E-state index contributed by atoms with van der Waals surface area (Å²) in [6, 6.07) is 0.